The van der Waals surface area contributed by atoms with Crippen LogP contribution in [0.3, 0.4) is 0 Å². The molecular formula is C12H16BrNO. The third-order valence-corrected chi connectivity index (χ3v) is 2.76. The van der Waals surface area contributed by atoms with Crippen LogP contribution in [0.4, 0.5) is 0 Å². The van der Waals surface area contributed by atoms with Crippen LogP contribution in [0.1, 0.15) is 25.8 Å². The minimum atomic E-state index is 0.0401. The molecule has 0 aromatic heterocycles. The van der Waals surface area contributed by atoms with Crippen LogP contribution in [0.25, 0.3) is 0 Å². The van der Waals surface area contributed by atoms with Crippen LogP contribution < -0.4 is 5.32 Å². The summed E-state index contributed by atoms with van der Waals surface area (Å²) in [6.45, 7) is 3.58. The van der Waals surface area contributed by atoms with E-state index < -0.39 is 0 Å². The summed E-state index contributed by atoms with van der Waals surface area (Å²) >= 11 is 3.40. The zero-order valence-electron chi connectivity index (χ0n) is 9.09. The smallest absolute Gasteiger partial charge is 0.217 e. The molecule has 0 aliphatic rings. The molecule has 0 bridgehead atoms. The van der Waals surface area contributed by atoms with Crippen LogP contribution in [0.15, 0.2) is 28.7 Å². The average molecular weight is 270 g/mol. The first-order valence-electron chi connectivity index (χ1n) is 5.09. The molecule has 1 aromatic rings. The minimum absolute atomic E-state index is 0.0401. The Labute approximate surface area is 99.2 Å². The fraction of sp³-hybridized carbons (Fsp3) is 0.417. The molecule has 3 heteroatoms. The lowest BCUT2D eigenvalue weighted by atomic mass is 10.1. The normalized spacial score (nSPS) is 12.2. The van der Waals surface area contributed by atoms with Gasteiger partial charge in [-0.15, -0.1) is 0 Å². The van der Waals surface area contributed by atoms with Crippen molar-refractivity contribution in [1.82, 2.24) is 5.32 Å². The molecular weight excluding hydrogens is 254 g/mol. The van der Waals surface area contributed by atoms with E-state index in [1.807, 2.05) is 19.1 Å². The van der Waals surface area contributed by atoms with Gasteiger partial charge in [0.1, 0.15) is 0 Å². The molecule has 1 amide bonds. The van der Waals surface area contributed by atoms with Gasteiger partial charge in [0.05, 0.1) is 0 Å². The van der Waals surface area contributed by atoms with E-state index in [1.165, 1.54) is 5.56 Å². The standard InChI is InChI=1S/C12H16BrNO/c1-9(14-10(2)15)3-4-11-5-7-12(13)8-6-11/h5-9H,3-4H2,1-2H3,(H,14,15)/t9-/m0/s1. The number of carbonyl (C=O) groups excluding carboxylic acids is 1. The van der Waals surface area contributed by atoms with Crippen LogP contribution in [-0.2, 0) is 11.2 Å². The van der Waals surface area contributed by atoms with Gasteiger partial charge in [0.15, 0.2) is 0 Å². The van der Waals surface area contributed by atoms with E-state index in [9.17, 15) is 4.79 Å². The topological polar surface area (TPSA) is 29.1 Å². The van der Waals surface area contributed by atoms with Gasteiger partial charge in [0, 0.05) is 17.4 Å². The Balaban J connectivity index is 2.36. The Morgan fingerprint density at radius 2 is 2.00 bits per heavy atom. The SMILES string of the molecule is CC(=O)N[C@@H](C)CCc1ccc(Br)cc1. The number of hydrogen-bond donors (Lipinski definition) is 1. The first kappa shape index (κ1) is 12.2. The summed E-state index contributed by atoms with van der Waals surface area (Å²) < 4.78 is 1.10. The molecule has 0 aliphatic heterocycles. The molecule has 0 fully saturated rings. The van der Waals surface area contributed by atoms with Crippen molar-refractivity contribution in [3.05, 3.63) is 34.3 Å². The summed E-state index contributed by atoms with van der Waals surface area (Å²) in [5.74, 6) is 0.0401. The van der Waals surface area contributed by atoms with Crippen LogP contribution >= 0.6 is 15.9 Å². The Morgan fingerprint density at radius 3 is 2.53 bits per heavy atom. The number of carbonyl (C=O) groups is 1. The fourth-order valence-electron chi connectivity index (χ4n) is 1.45. The highest BCUT2D eigenvalue weighted by Gasteiger charge is 2.03. The Kier molecular flexibility index (Phi) is 4.82. The minimum Gasteiger partial charge on any atom is -0.354 e. The zero-order valence-corrected chi connectivity index (χ0v) is 10.7. The maximum atomic E-state index is 10.8. The van der Waals surface area contributed by atoms with Crippen molar-refractivity contribution >= 4 is 21.8 Å². The highest BCUT2D eigenvalue weighted by atomic mass is 79.9. The van der Waals surface area contributed by atoms with Crippen molar-refractivity contribution in [2.24, 2.45) is 0 Å². The van der Waals surface area contributed by atoms with Crippen LogP contribution in [0.5, 0.6) is 0 Å². The van der Waals surface area contributed by atoms with E-state index in [4.69, 9.17) is 0 Å². The largest absolute Gasteiger partial charge is 0.354 e. The number of rotatable bonds is 4. The average Bonchev–Trinajstić information content (AvgIpc) is 2.16. The molecule has 0 aliphatic carbocycles. The fourth-order valence-corrected chi connectivity index (χ4v) is 1.72. The van der Waals surface area contributed by atoms with E-state index in [1.54, 1.807) is 6.92 Å². The van der Waals surface area contributed by atoms with E-state index in [-0.39, 0.29) is 11.9 Å². The molecule has 0 saturated heterocycles. The maximum Gasteiger partial charge on any atom is 0.217 e. The molecule has 0 unspecified atom stereocenters. The summed E-state index contributed by atoms with van der Waals surface area (Å²) in [7, 11) is 0. The van der Waals surface area contributed by atoms with Crippen LogP contribution in [0.2, 0.25) is 0 Å². The van der Waals surface area contributed by atoms with Gasteiger partial charge in [-0.05, 0) is 37.5 Å². The van der Waals surface area contributed by atoms with E-state index >= 15 is 0 Å². The van der Waals surface area contributed by atoms with Gasteiger partial charge in [-0.2, -0.15) is 0 Å². The summed E-state index contributed by atoms with van der Waals surface area (Å²) in [4.78, 5) is 10.8. The predicted octanol–water partition coefficient (Wildman–Crippen LogP) is 2.91. The Hall–Kier alpha value is -0.830. The lowest BCUT2D eigenvalue weighted by Gasteiger charge is -2.11. The molecule has 15 heavy (non-hydrogen) atoms. The number of amides is 1. The van der Waals surface area contributed by atoms with Gasteiger partial charge in [0.2, 0.25) is 5.91 Å². The van der Waals surface area contributed by atoms with Gasteiger partial charge in [-0.1, -0.05) is 28.1 Å². The second-order valence-electron chi connectivity index (χ2n) is 3.77. The first-order chi connectivity index (χ1) is 7.08. The maximum absolute atomic E-state index is 10.8. The third kappa shape index (κ3) is 4.98. The highest BCUT2D eigenvalue weighted by Crippen LogP contribution is 2.12. The monoisotopic (exact) mass is 269 g/mol. The van der Waals surface area contributed by atoms with Gasteiger partial charge < -0.3 is 5.32 Å². The van der Waals surface area contributed by atoms with E-state index in [0.29, 0.717) is 0 Å². The van der Waals surface area contributed by atoms with Crippen molar-refractivity contribution < 1.29 is 4.79 Å². The predicted molar refractivity (Wildman–Crippen MR) is 65.7 cm³/mol. The molecule has 2 nitrogen and oxygen atoms in total. The van der Waals surface area contributed by atoms with Crippen molar-refractivity contribution in [2.45, 2.75) is 32.7 Å². The molecule has 1 rings (SSSR count). The third-order valence-electron chi connectivity index (χ3n) is 2.23. The molecule has 1 N–H and O–H groups in total. The zero-order chi connectivity index (χ0) is 11.3. The molecule has 0 heterocycles. The number of nitrogens with one attached hydrogen (secondary N) is 1. The second kappa shape index (κ2) is 5.91. The van der Waals surface area contributed by atoms with E-state index in [2.05, 4.69) is 33.4 Å². The number of halogens is 1. The molecule has 1 atom stereocenters. The van der Waals surface area contributed by atoms with Gasteiger partial charge in [-0.25, -0.2) is 0 Å². The second-order valence-corrected chi connectivity index (χ2v) is 4.68. The van der Waals surface area contributed by atoms with Crippen molar-refractivity contribution in [3.8, 4) is 0 Å². The van der Waals surface area contributed by atoms with E-state index in [0.717, 1.165) is 17.3 Å². The van der Waals surface area contributed by atoms with Crippen molar-refractivity contribution in [1.29, 1.82) is 0 Å². The lowest BCUT2D eigenvalue weighted by molar-refractivity contribution is -0.119. The van der Waals surface area contributed by atoms with Crippen molar-refractivity contribution in [2.75, 3.05) is 0 Å². The highest BCUT2D eigenvalue weighted by molar-refractivity contribution is 9.10. The quantitative estimate of drug-likeness (QED) is 0.895. The molecule has 0 spiro atoms. The number of hydrogen-bond acceptors (Lipinski definition) is 1. The van der Waals surface area contributed by atoms with Gasteiger partial charge in [-0.3, -0.25) is 4.79 Å². The lowest BCUT2D eigenvalue weighted by Crippen LogP contribution is -2.30. The van der Waals surface area contributed by atoms with Crippen LogP contribution in [0, 0.1) is 0 Å². The van der Waals surface area contributed by atoms with Gasteiger partial charge >= 0.3 is 0 Å². The Bertz CT molecular complexity index is 321. The first-order valence-corrected chi connectivity index (χ1v) is 5.89. The van der Waals surface area contributed by atoms with Gasteiger partial charge in [0.25, 0.3) is 0 Å². The summed E-state index contributed by atoms with van der Waals surface area (Å²) in [6, 6.07) is 8.53. The Morgan fingerprint density at radius 1 is 1.40 bits per heavy atom. The molecule has 1 aromatic carbocycles. The van der Waals surface area contributed by atoms with Crippen LogP contribution in [-0.4, -0.2) is 11.9 Å². The molecule has 82 valence electrons. The summed E-state index contributed by atoms with van der Waals surface area (Å²) in [5, 5.41) is 2.88. The summed E-state index contributed by atoms with van der Waals surface area (Å²) in [5.41, 5.74) is 1.30. The molecule has 0 radical (unpaired) electrons. The summed E-state index contributed by atoms with van der Waals surface area (Å²) in [6.07, 6.45) is 1.97. The number of aryl methyl sites for hydroxylation is 1. The van der Waals surface area contributed by atoms with Crippen molar-refractivity contribution in [3.63, 3.8) is 0 Å². The number of benzene rings is 1. The molecule has 0 saturated carbocycles.